The standard InChI is InChI=1S/C60H55N4O/c1-38-31-39(2)33-41(32-38)48-20-14-19-47(40-23-25-42(26-24-40)59(3,4)5)56(48)63-37-62(53-21-11-12-22-54(53)63)44-15-13-16-45(35-44)65-46-27-28-51-52(36-46)58-50-18-10-9-17-49(50)57(51)64(58)55-34-43(29-30-61-55)60(6,7)8/h9-37,57-58H,1-8H3/q+1/i1D3,2D3. The number of aromatic nitrogens is 3. The van der Waals surface area contributed by atoms with Gasteiger partial charge in [0.2, 0.25) is 0 Å². The number of rotatable bonds is 7. The van der Waals surface area contributed by atoms with Gasteiger partial charge in [-0.05, 0) is 118 Å². The number of aryl methyl sites for hydroxylation is 2. The van der Waals surface area contributed by atoms with Crippen molar-refractivity contribution in [3.8, 4) is 45.1 Å². The molecule has 2 unspecified atom stereocenters. The molecular formula is C60H55N4O+. The highest BCUT2D eigenvalue weighted by Crippen LogP contribution is 2.58. The van der Waals surface area contributed by atoms with E-state index in [2.05, 4.69) is 165 Å². The number of para-hydroxylation sites is 3. The smallest absolute Gasteiger partial charge is 0.255 e. The molecule has 11 rings (SSSR count). The summed E-state index contributed by atoms with van der Waals surface area (Å²) in [7, 11) is 0. The minimum Gasteiger partial charge on any atom is -0.457 e. The number of benzene rings is 7. The summed E-state index contributed by atoms with van der Waals surface area (Å²) in [6.45, 7) is 8.20. The van der Waals surface area contributed by atoms with E-state index in [9.17, 15) is 0 Å². The number of nitrogens with zero attached hydrogens (tertiary/aromatic N) is 4. The number of anilines is 1. The Hall–Kier alpha value is -7.24. The Kier molecular flexibility index (Phi) is 8.00. The van der Waals surface area contributed by atoms with Crippen molar-refractivity contribution in [2.24, 2.45) is 0 Å². The normalized spacial score (nSPS) is 17.1. The van der Waals surface area contributed by atoms with E-state index in [1.807, 2.05) is 48.7 Å². The monoisotopic (exact) mass is 853 g/mol. The van der Waals surface area contributed by atoms with Crippen LogP contribution in [0.4, 0.5) is 5.82 Å². The lowest BCUT2D eigenvalue weighted by atomic mass is 9.86. The molecule has 5 heteroatoms. The second-order valence-corrected chi connectivity index (χ2v) is 19.6. The lowest BCUT2D eigenvalue weighted by molar-refractivity contribution is -0.566. The summed E-state index contributed by atoms with van der Waals surface area (Å²) in [5.41, 5.74) is 13.8. The summed E-state index contributed by atoms with van der Waals surface area (Å²) < 4.78 is 61.2. The van der Waals surface area contributed by atoms with Crippen LogP contribution in [0.25, 0.3) is 44.7 Å². The molecule has 0 fully saturated rings. The maximum absolute atomic E-state index is 8.36. The highest BCUT2D eigenvalue weighted by molar-refractivity contribution is 5.85. The van der Waals surface area contributed by atoms with E-state index < -0.39 is 13.7 Å². The predicted molar refractivity (Wildman–Crippen MR) is 266 cm³/mol. The van der Waals surface area contributed by atoms with Crippen LogP contribution in [0.3, 0.4) is 0 Å². The summed E-state index contributed by atoms with van der Waals surface area (Å²) in [6.07, 6.45) is 3.98. The second kappa shape index (κ2) is 15.2. The molecule has 320 valence electrons. The van der Waals surface area contributed by atoms with E-state index in [4.69, 9.17) is 17.9 Å². The van der Waals surface area contributed by atoms with Crippen LogP contribution in [0.15, 0.2) is 176 Å². The molecule has 2 aromatic heterocycles. The molecule has 0 spiro atoms. The lowest BCUT2D eigenvalue weighted by Crippen LogP contribution is -2.31. The van der Waals surface area contributed by atoms with Crippen LogP contribution in [0.5, 0.6) is 11.5 Å². The van der Waals surface area contributed by atoms with E-state index in [1.165, 1.54) is 39.4 Å². The molecule has 2 atom stereocenters. The Bertz CT molecular complexity index is 3510. The molecule has 0 saturated heterocycles. The zero-order valence-corrected chi connectivity index (χ0v) is 37.6. The molecular weight excluding hydrogens is 793 g/mol. The molecule has 2 bridgehead atoms. The maximum Gasteiger partial charge on any atom is 0.255 e. The average molecular weight is 854 g/mol. The quantitative estimate of drug-likeness (QED) is 0.150. The number of pyridine rings is 1. The summed E-state index contributed by atoms with van der Waals surface area (Å²) >= 11 is 0. The molecule has 5 nitrogen and oxygen atoms in total. The summed E-state index contributed by atoms with van der Waals surface area (Å²) in [5, 5.41) is 0. The first-order valence-electron chi connectivity index (χ1n) is 25.4. The second-order valence-electron chi connectivity index (χ2n) is 19.6. The van der Waals surface area contributed by atoms with Crippen LogP contribution in [0, 0.1) is 13.7 Å². The van der Waals surface area contributed by atoms with Crippen molar-refractivity contribution < 1.29 is 17.5 Å². The molecule has 0 saturated carbocycles. The SMILES string of the molecule is [2H]C([2H])([2H])c1cc(-c2cccc(-c3ccc(C(C)(C)C)cc3)c2-[n+]2cn(-c3cccc(Oc4ccc5c(c4)C4c6ccccc6C5N4c4cc(C(C)(C)C)ccn4)c3)c3ccccc32)cc(C([2H])([2H])[2H])c1. The van der Waals surface area contributed by atoms with Gasteiger partial charge in [-0.25, -0.2) is 4.98 Å². The number of imidazole rings is 1. The number of fused-ring (bicyclic) bond motifs is 9. The fourth-order valence-electron chi connectivity index (χ4n) is 10.0. The Balaban J connectivity index is 1.01. The van der Waals surface area contributed by atoms with Gasteiger partial charge in [0.15, 0.2) is 11.0 Å². The summed E-state index contributed by atoms with van der Waals surface area (Å²) in [5.74, 6) is 2.37. The highest BCUT2D eigenvalue weighted by atomic mass is 16.5. The van der Waals surface area contributed by atoms with E-state index >= 15 is 0 Å². The molecule has 9 aromatic rings. The first-order chi connectivity index (χ1) is 33.7. The van der Waals surface area contributed by atoms with Gasteiger partial charge in [-0.15, -0.1) is 0 Å². The molecule has 0 amide bonds. The van der Waals surface area contributed by atoms with Crippen molar-refractivity contribution in [1.82, 2.24) is 9.55 Å². The van der Waals surface area contributed by atoms with Crippen molar-refractivity contribution in [3.63, 3.8) is 0 Å². The molecule has 0 N–H and O–H groups in total. The zero-order valence-electron chi connectivity index (χ0n) is 43.6. The van der Waals surface area contributed by atoms with Gasteiger partial charge >= 0.3 is 0 Å². The van der Waals surface area contributed by atoms with E-state index in [0.29, 0.717) is 16.9 Å². The zero-order chi connectivity index (χ0) is 49.8. The minimum absolute atomic E-state index is 0.00864. The molecule has 65 heavy (non-hydrogen) atoms. The van der Waals surface area contributed by atoms with Gasteiger partial charge in [-0.2, -0.15) is 9.13 Å². The largest absolute Gasteiger partial charge is 0.457 e. The lowest BCUT2D eigenvalue weighted by Gasteiger charge is -2.27. The topological polar surface area (TPSA) is 34.2 Å². The summed E-state index contributed by atoms with van der Waals surface area (Å²) in [6, 6.07) is 54.8. The van der Waals surface area contributed by atoms with Gasteiger partial charge in [-0.3, -0.25) is 0 Å². The van der Waals surface area contributed by atoms with Crippen molar-refractivity contribution in [1.29, 1.82) is 0 Å². The van der Waals surface area contributed by atoms with Crippen LogP contribution < -0.4 is 14.2 Å². The van der Waals surface area contributed by atoms with E-state index in [1.54, 1.807) is 12.1 Å². The number of hydrogen-bond acceptors (Lipinski definition) is 3. The Morgan fingerprint density at radius 2 is 1.20 bits per heavy atom. The van der Waals surface area contributed by atoms with Crippen LogP contribution in [0.1, 0.15) is 106 Å². The van der Waals surface area contributed by atoms with Crippen molar-refractivity contribution >= 4 is 16.9 Å². The fraction of sp³-hybridized carbons (Fsp3) is 0.200. The third kappa shape index (κ3) is 7.02. The van der Waals surface area contributed by atoms with Gasteiger partial charge in [0.05, 0.1) is 12.1 Å². The van der Waals surface area contributed by atoms with Crippen LogP contribution in [0.2, 0.25) is 0 Å². The van der Waals surface area contributed by atoms with Crippen LogP contribution in [-0.4, -0.2) is 9.55 Å². The Morgan fingerprint density at radius 1 is 0.554 bits per heavy atom. The molecule has 0 radical (unpaired) electrons. The fourth-order valence-corrected chi connectivity index (χ4v) is 10.0. The third-order valence-corrected chi connectivity index (χ3v) is 13.2. The van der Waals surface area contributed by atoms with Gasteiger partial charge in [0.25, 0.3) is 6.33 Å². The summed E-state index contributed by atoms with van der Waals surface area (Å²) in [4.78, 5) is 7.40. The predicted octanol–water partition coefficient (Wildman–Crippen LogP) is 14.7. The van der Waals surface area contributed by atoms with Crippen molar-refractivity contribution in [2.45, 2.75) is 78.2 Å². The van der Waals surface area contributed by atoms with E-state index in [0.717, 1.165) is 45.1 Å². The Morgan fingerprint density at radius 3 is 1.92 bits per heavy atom. The molecule has 7 aromatic carbocycles. The van der Waals surface area contributed by atoms with Crippen LogP contribution >= 0.6 is 0 Å². The molecule has 0 aliphatic carbocycles. The van der Waals surface area contributed by atoms with Gasteiger partial charge in [-0.1, -0.05) is 162 Å². The minimum atomic E-state index is -2.53. The first kappa shape index (κ1) is 34.2. The molecule has 2 aliphatic rings. The van der Waals surface area contributed by atoms with E-state index in [-0.39, 0.29) is 34.0 Å². The van der Waals surface area contributed by atoms with Gasteiger partial charge in [0, 0.05) is 31.6 Å². The maximum atomic E-state index is 8.36. The van der Waals surface area contributed by atoms with Crippen molar-refractivity contribution in [3.05, 3.63) is 221 Å². The van der Waals surface area contributed by atoms with Crippen LogP contribution in [-0.2, 0) is 10.8 Å². The Labute approximate surface area is 391 Å². The number of ether oxygens (including phenoxy) is 1. The average Bonchev–Trinajstić information content (AvgIpc) is 4.00. The third-order valence-electron chi connectivity index (χ3n) is 13.2. The van der Waals surface area contributed by atoms with Gasteiger partial charge in [0.1, 0.15) is 28.7 Å². The first-order valence-corrected chi connectivity index (χ1v) is 22.4. The van der Waals surface area contributed by atoms with Gasteiger partial charge < -0.3 is 9.64 Å². The highest BCUT2D eigenvalue weighted by Gasteiger charge is 2.48. The van der Waals surface area contributed by atoms with Crippen molar-refractivity contribution in [2.75, 3.05) is 4.90 Å². The molecule has 4 heterocycles. The molecule has 2 aliphatic heterocycles. The number of hydrogen-bond donors (Lipinski definition) is 0.